The van der Waals surface area contributed by atoms with E-state index in [2.05, 4.69) is 20.7 Å². The number of rotatable bonds is 6. The maximum Gasteiger partial charge on any atom is 0.243 e. The molecule has 0 saturated carbocycles. The molecule has 1 unspecified atom stereocenters. The largest absolute Gasteiger partial charge is 0.395 e. The van der Waals surface area contributed by atoms with Crippen LogP contribution in [0.2, 0.25) is 5.02 Å². The van der Waals surface area contributed by atoms with Gasteiger partial charge in [0.2, 0.25) is 10.0 Å². The third-order valence-corrected chi connectivity index (χ3v) is 6.53. The number of benzene rings is 1. The number of nitrogen functional groups attached to an aromatic ring is 1. The molecule has 0 aliphatic heterocycles. The van der Waals surface area contributed by atoms with Crippen LogP contribution in [0.1, 0.15) is 6.92 Å². The standard InChI is InChI=1S/C10H13BrClFN2O3S2/c1-2-19(16)4-3-15-20(17,18)7-5-6(12)8(11)10(14)9(7)13/h5,15H,2-4,14H2,1H3. The predicted molar refractivity (Wildman–Crippen MR) is 82.3 cm³/mol. The Kier molecular flexibility index (Phi) is 6.39. The first-order chi connectivity index (χ1) is 9.20. The molecule has 0 spiro atoms. The van der Waals surface area contributed by atoms with E-state index in [0.717, 1.165) is 6.07 Å². The average molecular weight is 408 g/mol. The quantitative estimate of drug-likeness (QED) is 0.556. The molecule has 0 fully saturated rings. The van der Waals surface area contributed by atoms with Gasteiger partial charge in [-0.25, -0.2) is 17.5 Å². The van der Waals surface area contributed by atoms with Crippen molar-refractivity contribution in [1.82, 2.24) is 4.72 Å². The zero-order valence-corrected chi connectivity index (χ0v) is 14.4. The Morgan fingerprint density at radius 1 is 1.55 bits per heavy atom. The van der Waals surface area contributed by atoms with Crippen LogP contribution in [0, 0.1) is 5.82 Å². The fourth-order valence-corrected chi connectivity index (χ4v) is 3.76. The highest BCUT2D eigenvalue weighted by atomic mass is 79.9. The second-order valence-corrected chi connectivity index (χ2v) is 8.53. The number of nitrogens with one attached hydrogen (secondary N) is 1. The fourth-order valence-electron chi connectivity index (χ4n) is 1.31. The summed E-state index contributed by atoms with van der Waals surface area (Å²) in [5.41, 5.74) is 5.05. The van der Waals surface area contributed by atoms with Crippen LogP contribution in [-0.4, -0.2) is 30.7 Å². The summed E-state index contributed by atoms with van der Waals surface area (Å²) in [7, 11) is -5.22. The van der Waals surface area contributed by atoms with Gasteiger partial charge in [0.05, 0.1) is 15.2 Å². The van der Waals surface area contributed by atoms with Crippen molar-refractivity contribution in [3.63, 3.8) is 0 Å². The molecule has 0 aliphatic carbocycles. The lowest BCUT2D eigenvalue weighted by atomic mass is 10.3. The van der Waals surface area contributed by atoms with Crippen molar-refractivity contribution < 1.29 is 17.0 Å². The van der Waals surface area contributed by atoms with Crippen molar-refractivity contribution in [3.8, 4) is 0 Å². The first-order valence-corrected chi connectivity index (χ1v) is 9.62. The molecular formula is C10H13BrClFN2O3S2. The summed E-state index contributed by atoms with van der Waals surface area (Å²) in [6, 6.07) is 0.969. The fraction of sp³-hybridized carbons (Fsp3) is 0.400. The topological polar surface area (TPSA) is 89.3 Å². The van der Waals surface area contributed by atoms with Crippen molar-refractivity contribution in [1.29, 1.82) is 0 Å². The van der Waals surface area contributed by atoms with Crippen molar-refractivity contribution in [3.05, 3.63) is 21.4 Å². The molecule has 0 heterocycles. The number of halogens is 3. The van der Waals surface area contributed by atoms with Crippen molar-refractivity contribution in [2.45, 2.75) is 11.8 Å². The summed E-state index contributed by atoms with van der Waals surface area (Å²) < 4.78 is 51.3. The second-order valence-electron chi connectivity index (χ2n) is 3.73. The molecule has 0 radical (unpaired) electrons. The molecule has 1 aromatic carbocycles. The molecule has 0 aliphatic rings. The minimum atomic E-state index is -4.10. The van der Waals surface area contributed by atoms with E-state index in [1.54, 1.807) is 6.92 Å². The van der Waals surface area contributed by atoms with Gasteiger partial charge in [0.25, 0.3) is 0 Å². The molecule has 1 rings (SSSR count). The molecule has 0 amide bonds. The van der Waals surface area contributed by atoms with Crippen LogP contribution in [0.3, 0.4) is 0 Å². The normalized spacial score (nSPS) is 13.4. The van der Waals surface area contributed by atoms with Crippen LogP contribution in [0.15, 0.2) is 15.4 Å². The first kappa shape index (κ1) is 17.8. The Morgan fingerprint density at radius 3 is 2.70 bits per heavy atom. The Hall–Kier alpha value is -0.220. The summed E-state index contributed by atoms with van der Waals surface area (Å²) in [6.07, 6.45) is 0. The van der Waals surface area contributed by atoms with Crippen molar-refractivity contribution >= 4 is 54.0 Å². The molecule has 0 saturated heterocycles. The van der Waals surface area contributed by atoms with E-state index < -0.39 is 31.5 Å². The SMILES string of the molecule is CCS(=O)CCNS(=O)(=O)c1cc(Cl)c(Br)c(N)c1F. The van der Waals surface area contributed by atoms with Crippen LogP contribution in [0.5, 0.6) is 0 Å². The maximum atomic E-state index is 13.9. The number of nitrogens with two attached hydrogens (primary N) is 1. The minimum absolute atomic E-state index is 0.0126. The molecule has 1 aromatic rings. The molecule has 5 nitrogen and oxygen atoms in total. The zero-order chi connectivity index (χ0) is 15.5. The molecular weight excluding hydrogens is 395 g/mol. The predicted octanol–water partition coefficient (Wildman–Crippen LogP) is 1.87. The zero-order valence-electron chi connectivity index (χ0n) is 10.5. The van der Waals surface area contributed by atoms with Gasteiger partial charge in [0, 0.05) is 28.9 Å². The molecule has 0 bridgehead atoms. The number of hydrogen-bond donors (Lipinski definition) is 2. The van der Waals surface area contributed by atoms with E-state index in [-0.39, 0.29) is 27.5 Å². The molecule has 1 atom stereocenters. The van der Waals surface area contributed by atoms with Crippen molar-refractivity contribution in [2.24, 2.45) is 0 Å². The Bertz CT molecular complexity index is 640. The van der Waals surface area contributed by atoms with Gasteiger partial charge >= 0.3 is 0 Å². The van der Waals surface area contributed by atoms with E-state index in [9.17, 15) is 17.0 Å². The van der Waals surface area contributed by atoms with Gasteiger partial charge in [0.1, 0.15) is 4.90 Å². The third-order valence-electron chi connectivity index (χ3n) is 2.39. The summed E-state index contributed by atoms with van der Waals surface area (Å²) in [5.74, 6) is -0.505. The monoisotopic (exact) mass is 406 g/mol. The highest BCUT2D eigenvalue weighted by Crippen LogP contribution is 2.34. The Balaban J connectivity index is 3.02. The van der Waals surface area contributed by atoms with Crippen LogP contribution < -0.4 is 10.5 Å². The lowest BCUT2D eigenvalue weighted by Crippen LogP contribution is -2.29. The average Bonchev–Trinajstić information content (AvgIpc) is 2.39. The number of sulfonamides is 1. The first-order valence-electron chi connectivity index (χ1n) is 5.48. The molecule has 10 heteroatoms. The Labute approximate surface area is 132 Å². The summed E-state index contributed by atoms with van der Waals surface area (Å²) in [5, 5.41) is -0.0126. The summed E-state index contributed by atoms with van der Waals surface area (Å²) in [6.45, 7) is 1.66. The van der Waals surface area contributed by atoms with E-state index in [4.69, 9.17) is 17.3 Å². The van der Waals surface area contributed by atoms with Gasteiger partial charge in [-0.1, -0.05) is 18.5 Å². The maximum absolute atomic E-state index is 13.9. The van der Waals surface area contributed by atoms with E-state index >= 15 is 0 Å². The van der Waals surface area contributed by atoms with Gasteiger partial charge in [-0.3, -0.25) is 4.21 Å². The number of hydrogen-bond acceptors (Lipinski definition) is 4. The minimum Gasteiger partial charge on any atom is -0.395 e. The van der Waals surface area contributed by atoms with Crippen molar-refractivity contribution in [2.75, 3.05) is 23.8 Å². The Morgan fingerprint density at radius 2 is 2.15 bits per heavy atom. The van der Waals surface area contributed by atoms with E-state index in [1.807, 2.05) is 0 Å². The summed E-state index contributed by atoms with van der Waals surface area (Å²) in [4.78, 5) is -0.634. The van der Waals surface area contributed by atoms with Gasteiger partial charge in [-0.2, -0.15) is 0 Å². The molecule has 3 N–H and O–H groups in total. The molecule has 0 aromatic heterocycles. The van der Waals surface area contributed by atoms with Crippen LogP contribution >= 0.6 is 27.5 Å². The molecule has 114 valence electrons. The highest BCUT2D eigenvalue weighted by molar-refractivity contribution is 9.10. The smallest absolute Gasteiger partial charge is 0.243 e. The second kappa shape index (κ2) is 7.17. The number of anilines is 1. The van der Waals surface area contributed by atoms with Gasteiger partial charge in [-0.05, 0) is 22.0 Å². The van der Waals surface area contributed by atoms with E-state index in [0.29, 0.717) is 5.75 Å². The van der Waals surface area contributed by atoms with E-state index in [1.165, 1.54) is 0 Å². The summed E-state index contributed by atoms with van der Waals surface area (Å²) >= 11 is 8.73. The third kappa shape index (κ3) is 4.14. The van der Waals surface area contributed by atoms with Crippen LogP contribution in [0.4, 0.5) is 10.1 Å². The van der Waals surface area contributed by atoms with Gasteiger partial charge in [-0.15, -0.1) is 0 Å². The molecule has 20 heavy (non-hydrogen) atoms. The lowest BCUT2D eigenvalue weighted by molar-refractivity contribution is 0.560. The van der Waals surface area contributed by atoms with Gasteiger partial charge in [0.15, 0.2) is 5.82 Å². The highest BCUT2D eigenvalue weighted by Gasteiger charge is 2.23. The van der Waals surface area contributed by atoms with Crippen LogP contribution in [-0.2, 0) is 20.8 Å². The van der Waals surface area contributed by atoms with Gasteiger partial charge < -0.3 is 5.73 Å². The van der Waals surface area contributed by atoms with Crippen LogP contribution in [0.25, 0.3) is 0 Å². The lowest BCUT2D eigenvalue weighted by Gasteiger charge is -2.11.